The molecule has 1 aliphatic rings. The number of pyridine rings is 1. The van der Waals surface area contributed by atoms with E-state index in [4.69, 9.17) is 11.6 Å². The molecule has 1 aromatic heterocycles. The predicted octanol–water partition coefficient (Wildman–Crippen LogP) is 1.98. The molecule has 1 atom stereocenters. The molecule has 1 aromatic rings. The number of nitrogens with zero attached hydrogens (tertiary/aromatic N) is 3. The van der Waals surface area contributed by atoms with Crippen LogP contribution in [0.25, 0.3) is 0 Å². The molecule has 1 aliphatic heterocycles. The molecule has 2 rings (SSSR count). The highest BCUT2D eigenvalue weighted by Crippen LogP contribution is 2.21. The summed E-state index contributed by atoms with van der Waals surface area (Å²) in [4.78, 5) is 9.54. The van der Waals surface area contributed by atoms with Gasteiger partial charge in [0, 0.05) is 32.2 Å². The van der Waals surface area contributed by atoms with Gasteiger partial charge in [-0.05, 0) is 32.6 Å². The molecule has 1 saturated heterocycles. The van der Waals surface area contributed by atoms with Gasteiger partial charge in [-0.15, -0.1) is 0 Å². The topological polar surface area (TPSA) is 31.4 Å². The lowest BCUT2D eigenvalue weighted by Gasteiger charge is -2.40. The maximum absolute atomic E-state index is 6.16. The van der Waals surface area contributed by atoms with Gasteiger partial charge >= 0.3 is 0 Å². The maximum atomic E-state index is 6.16. The van der Waals surface area contributed by atoms with Gasteiger partial charge in [0.05, 0.1) is 10.7 Å². The number of aromatic nitrogens is 1. The Morgan fingerprint density at radius 1 is 1.42 bits per heavy atom. The summed E-state index contributed by atoms with van der Waals surface area (Å²) in [6.07, 6.45) is 0. The zero-order chi connectivity index (χ0) is 13.8. The van der Waals surface area contributed by atoms with Crippen molar-refractivity contribution in [1.29, 1.82) is 0 Å². The number of halogens is 1. The van der Waals surface area contributed by atoms with Crippen molar-refractivity contribution < 1.29 is 0 Å². The zero-order valence-electron chi connectivity index (χ0n) is 12.0. The molecular weight excluding hydrogens is 260 g/mol. The largest absolute Gasteiger partial charge is 0.354 e. The van der Waals surface area contributed by atoms with Gasteiger partial charge in [-0.1, -0.05) is 18.5 Å². The molecule has 106 valence electrons. The monoisotopic (exact) mass is 282 g/mol. The van der Waals surface area contributed by atoms with Gasteiger partial charge in [0.25, 0.3) is 0 Å². The highest BCUT2D eigenvalue weighted by molar-refractivity contribution is 6.31. The zero-order valence-corrected chi connectivity index (χ0v) is 12.7. The lowest BCUT2D eigenvalue weighted by molar-refractivity contribution is 0.199. The Hall–Kier alpha value is -0.840. The van der Waals surface area contributed by atoms with E-state index in [0.29, 0.717) is 12.6 Å². The van der Waals surface area contributed by atoms with Gasteiger partial charge in [-0.2, -0.15) is 0 Å². The molecule has 19 heavy (non-hydrogen) atoms. The van der Waals surface area contributed by atoms with E-state index in [2.05, 4.69) is 33.9 Å². The molecule has 0 bridgehead atoms. The Bertz CT molecular complexity index is 424. The molecule has 0 amide bonds. The minimum Gasteiger partial charge on any atom is -0.354 e. The first-order chi connectivity index (χ1) is 9.15. The molecule has 4 nitrogen and oxygen atoms in total. The van der Waals surface area contributed by atoms with Crippen molar-refractivity contribution in [1.82, 2.24) is 15.2 Å². The van der Waals surface area contributed by atoms with E-state index in [0.717, 1.165) is 42.7 Å². The third-order valence-electron chi connectivity index (χ3n) is 3.74. The number of hydrogen-bond acceptors (Lipinski definition) is 4. The second-order valence-electron chi connectivity index (χ2n) is 5.05. The van der Waals surface area contributed by atoms with Gasteiger partial charge in [0.2, 0.25) is 0 Å². The highest BCUT2D eigenvalue weighted by Gasteiger charge is 2.23. The van der Waals surface area contributed by atoms with Crippen molar-refractivity contribution in [3.8, 4) is 0 Å². The Morgan fingerprint density at radius 2 is 2.21 bits per heavy atom. The number of nitrogens with one attached hydrogen (secondary N) is 1. The van der Waals surface area contributed by atoms with Crippen molar-refractivity contribution >= 4 is 17.4 Å². The van der Waals surface area contributed by atoms with Crippen LogP contribution in [0.3, 0.4) is 0 Å². The Balaban J connectivity index is 2.12. The van der Waals surface area contributed by atoms with E-state index >= 15 is 0 Å². The third kappa shape index (κ3) is 3.38. The quantitative estimate of drug-likeness (QED) is 0.915. The van der Waals surface area contributed by atoms with Crippen molar-refractivity contribution in [3.63, 3.8) is 0 Å². The standard InChI is InChI=1S/C14H23ClN4/c1-4-18-7-8-19(10-11(18)2)14-6-5-12(15)13(17-14)9-16-3/h5-6,11,16H,4,7-10H2,1-3H3. The molecule has 1 fully saturated rings. The fourth-order valence-electron chi connectivity index (χ4n) is 2.61. The van der Waals surface area contributed by atoms with Gasteiger partial charge in [0.15, 0.2) is 0 Å². The Kier molecular flexibility index (Phi) is 5.02. The second kappa shape index (κ2) is 6.55. The van der Waals surface area contributed by atoms with Crippen LogP contribution in [0, 0.1) is 0 Å². The summed E-state index contributed by atoms with van der Waals surface area (Å²) in [6.45, 7) is 9.49. The summed E-state index contributed by atoms with van der Waals surface area (Å²) in [5, 5.41) is 3.84. The van der Waals surface area contributed by atoms with Crippen LogP contribution in [0.15, 0.2) is 12.1 Å². The first kappa shape index (κ1) is 14.6. The van der Waals surface area contributed by atoms with Crippen LogP contribution < -0.4 is 10.2 Å². The number of anilines is 1. The van der Waals surface area contributed by atoms with E-state index in [9.17, 15) is 0 Å². The van der Waals surface area contributed by atoms with E-state index in [1.54, 1.807) is 0 Å². The normalized spacial score (nSPS) is 20.8. The summed E-state index contributed by atoms with van der Waals surface area (Å²) in [5.41, 5.74) is 0.923. The molecule has 0 aliphatic carbocycles. The van der Waals surface area contributed by atoms with Crippen molar-refractivity contribution in [2.24, 2.45) is 0 Å². The van der Waals surface area contributed by atoms with Gasteiger partial charge in [0.1, 0.15) is 5.82 Å². The number of hydrogen-bond donors (Lipinski definition) is 1. The molecule has 2 heterocycles. The minimum atomic E-state index is 0.573. The van der Waals surface area contributed by atoms with E-state index < -0.39 is 0 Å². The van der Waals surface area contributed by atoms with Gasteiger partial charge in [-0.25, -0.2) is 4.98 Å². The van der Waals surface area contributed by atoms with Crippen LogP contribution in [0.4, 0.5) is 5.82 Å². The molecule has 0 saturated carbocycles. The average molecular weight is 283 g/mol. The third-order valence-corrected chi connectivity index (χ3v) is 4.09. The smallest absolute Gasteiger partial charge is 0.129 e. The molecular formula is C14H23ClN4. The van der Waals surface area contributed by atoms with Gasteiger partial charge in [-0.3, -0.25) is 4.90 Å². The minimum absolute atomic E-state index is 0.573. The van der Waals surface area contributed by atoms with Crippen molar-refractivity contribution in [3.05, 3.63) is 22.8 Å². The summed E-state index contributed by atoms with van der Waals surface area (Å²) >= 11 is 6.16. The van der Waals surface area contributed by atoms with Gasteiger partial charge < -0.3 is 10.2 Å². The maximum Gasteiger partial charge on any atom is 0.129 e. The van der Waals surface area contributed by atoms with Crippen LogP contribution in [-0.2, 0) is 6.54 Å². The number of piperazine rings is 1. The summed E-state index contributed by atoms with van der Waals surface area (Å²) in [5.74, 6) is 1.04. The second-order valence-corrected chi connectivity index (χ2v) is 5.46. The summed E-state index contributed by atoms with van der Waals surface area (Å²) in [7, 11) is 1.91. The summed E-state index contributed by atoms with van der Waals surface area (Å²) in [6, 6.07) is 4.55. The number of rotatable bonds is 4. The highest BCUT2D eigenvalue weighted by atomic mass is 35.5. The van der Waals surface area contributed by atoms with E-state index in [1.165, 1.54) is 0 Å². The lowest BCUT2D eigenvalue weighted by atomic mass is 10.2. The fourth-order valence-corrected chi connectivity index (χ4v) is 2.79. The Labute approximate surface area is 120 Å². The van der Waals surface area contributed by atoms with Crippen LogP contribution in [0.2, 0.25) is 5.02 Å². The first-order valence-electron chi connectivity index (χ1n) is 6.94. The lowest BCUT2D eigenvalue weighted by Crippen LogP contribution is -2.52. The van der Waals surface area contributed by atoms with E-state index in [1.807, 2.05) is 19.2 Å². The molecule has 5 heteroatoms. The van der Waals surface area contributed by atoms with E-state index in [-0.39, 0.29) is 0 Å². The molecule has 1 unspecified atom stereocenters. The molecule has 0 spiro atoms. The van der Waals surface area contributed by atoms with Crippen molar-refractivity contribution in [2.75, 3.05) is 38.1 Å². The van der Waals surface area contributed by atoms with Crippen molar-refractivity contribution in [2.45, 2.75) is 26.4 Å². The van der Waals surface area contributed by atoms with Crippen LogP contribution >= 0.6 is 11.6 Å². The fraction of sp³-hybridized carbons (Fsp3) is 0.643. The molecule has 0 aromatic carbocycles. The summed E-state index contributed by atoms with van der Waals surface area (Å²) < 4.78 is 0. The molecule has 0 radical (unpaired) electrons. The van der Waals surface area contributed by atoms with Crippen LogP contribution in [-0.4, -0.2) is 49.2 Å². The number of likely N-dealkylation sites (N-methyl/N-ethyl adjacent to an activating group) is 1. The average Bonchev–Trinajstić information content (AvgIpc) is 2.41. The van der Waals surface area contributed by atoms with Crippen LogP contribution in [0.1, 0.15) is 19.5 Å². The first-order valence-corrected chi connectivity index (χ1v) is 7.32. The van der Waals surface area contributed by atoms with Crippen LogP contribution in [0.5, 0.6) is 0 Å². The molecule has 1 N–H and O–H groups in total. The Morgan fingerprint density at radius 3 is 2.84 bits per heavy atom. The SMILES string of the molecule is CCN1CCN(c2ccc(Cl)c(CNC)n2)CC1C. The predicted molar refractivity (Wildman–Crippen MR) is 80.9 cm³/mol.